The fourth-order valence-electron chi connectivity index (χ4n) is 14.8. The third-order valence-corrected chi connectivity index (χ3v) is 18.2. The highest BCUT2D eigenvalue weighted by Crippen LogP contribution is 2.77. The summed E-state index contributed by atoms with van der Waals surface area (Å²) in [7, 11) is 0. The van der Waals surface area contributed by atoms with Crippen LogP contribution in [0, 0.1) is 68.0 Å². The number of fused-ring (bicyclic) bond motifs is 8. The molecule has 8 nitrogen and oxygen atoms in total. The molecule has 7 aliphatic rings. The van der Waals surface area contributed by atoms with Gasteiger partial charge in [-0.1, -0.05) is 74.0 Å². The number of hydrogen-bond acceptors (Lipinski definition) is 7. The summed E-state index contributed by atoms with van der Waals surface area (Å²) in [5.74, 6) is 1.79. The van der Waals surface area contributed by atoms with E-state index in [1.165, 1.54) is 17.6 Å². The van der Waals surface area contributed by atoms with E-state index in [-0.39, 0.29) is 57.8 Å². The first-order valence-electron chi connectivity index (χ1n) is 21.6. The average molecular weight is 758 g/mol. The number of ether oxygens (including phenoxy) is 3. The number of carboxylic acid groups (broad SMARTS) is 1. The number of Topliss-reactive ketones (excluding diaryl/α,β-unsaturated/α-hetero) is 1. The number of carboxylic acids is 1. The highest BCUT2D eigenvalue weighted by Gasteiger charge is 2.70. The molecule has 1 aromatic carbocycles. The van der Waals surface area contributed by atoms with Crippen LogP contribution in [0.25, 0.3) is 0 Å². The van der Waals surface area contributed by atoms with Crippen molar-refractivity contribution in [3.63, 3.8) is 0 Å². The lowest BCUT2D eigenvalue weighted by Gasteiger charge is -2.72. The standard InChI is InChI=1S/C47H67NO7/c1-27(2)38-32(49)24-47(20-21-48-25-28-10-12-33-34(22-28)54-26-53-33)19-18-45(8)29(39(38)47)11-13-36-44(7)16-15-37(43(5,6)35(44)14-17-46(36,45)9)55-41(52)31-23-30(40(50)51)42(31,3)4/h10,12,22,27,29-31,35-37,48H,11,13-21,23-26H2,1-9H3,(H,50,51)/t29-,30+,31-,35+,36-,37+,44+,45-,46-,47-/m1/s1. The topological polar surface area (TPSA) is 111 Å². The Morgan fingerprint density at radius 2 is 1.62 bits per heavy atom. The van der Waals surface area contributed by atoms with Crippen LogP contribution in [0.3, 0.4) is 0 Å². The highest BCUT2D eigenvalue weighted by atomic mass is 16.7. The zero-order valence-corrected chi connectivity index (χ0v) is 35.1. The molecule has 55 heavy (non-hydrogen) atoms. The SMILES string of the molecule is CC(C)C1=C2[C@H]3CC[C@@H]4[C@@]5(C)CC[C@H](OC(=O)[C@H]6C[C@@H](C(=O)O)C6(C)C)C(C)(C)[C@@H]5CC[C@@]4(C)[C@]3(C)CC[C@@]2(CCNCc2ccc3c(c2)OCO3)CC1=O. The summed E-state index contributed by atoms with van der Waals surface area (Å²) in [4.78, 5) is 39.5. The van der Waals surface area contributed by atoms with Gasteiger partial charge in [0.2, 0.25) is 6.79 Å². The van der Waals surface area contributed by atoms with Crippen molar-refractivity contribution < 1.29 is 33.7 Å². The molecule has 8 heteroatoms. The van der Waals surface area contributed by atoms with Crippen LogP contribution in [0.4, 0.5) is 0 Å². The van der Waals surface area contributed by atoms with Crippen molar-refractivity contribution in [2.45, 2.75) is 146 Å². The second-order valence-electron chi connectivity index (χ2n) is 21.4. The fourth-order valence-corrected chi connectivity index (χ4v) is 14.8. The second-order valence-corrected chi connectivity index (χ2v) is 21.4. The van der Waals surface area contributed by atoms with Crippen molar-refractivity contribution in [2.75, 3.05) is 13.3 Å². The monoisotopic (exact) mass is 757 g/mol. The second kappa shape index (κ2) is 13.1. The summed E-state index contributed by atoms with van der Waals surface area (Å²) in [6.07, 6.45) is 10.6. The van der Waals surface area contributed by atoms with Crippen LogP contribution in [-0.4, -0.2) is 42.3 Å². The van der Waals surface area contributed by atoms with Crippen LogP contribution >= 0.6 is 0 Å². The molecular weight excluding hydrogens is 691 g/mol. The van der Waals surface area contributed by atoms with Gasteiger partial charge in [-0.2, -0.15) is 0 Å². The molecule has 5 saturated carbocycles. The van der Waals surface area contributed by atoms with E-state index in [1.54, 1.807) is 0 Å². The number of carbonyl (C=O) groups excluding carboxylic acids is 2. The number of nitrogens with one attached hydrogen (secondary N) is 1. The summed E-state index contributed by atoms with van der Waals surface area (Å²) in [5.41, 5.74) is 3.43. The minimum Gasteiger partial charge on any atom is -0.481 e. The predicted molar refractivity (Wildman–Crippen MR) is 211 cm³/mol. The van der Waals surface area contributed by atoms with Gasteiger partial charge in [0, 0.05) is 23.8 Å². The van der Waals surface area contributed by atoms with Gasteiger partial charge in [0.1, 0.15) is 6.10 Å². The van der Waals surface area contributed by atoms with E-state index in [0.717, 1.165) is 81.5 Å². The molecule has 2 N–H and O–H groups in total. The highest BCUT2D eigenvalue weighted by molar-refractivity contribution is 6.00. The minimum absolute atomic E-state index is 0.0591. The van der Waals surface area contributed by atoms with Crippen molar-refractivity contribution in [1.29, 1.82) is 0 Å². The number of rotatable bonds is 9. The van der Waals surface area contributed by atoms with Crippen molar-refractivity contribution >= 4 is 17.7 Å². The van der Waals surface area contributed by atoms with Gasteiger partial charge in [0.25, 0.3) is 0 Å². The zero-order chi connectivity index (χ0) is 39.5. The summed E-state index contributed by atoms with van der Waals surface area (Å²) in [6, 6.07) is 6.17. The first-order chi connectivity index (χ1) is 25.8. The lowest BCUT2D eigenvalue weighted by atomic mass is 9.33. The van der Waals surface area contributed by atoms with Crippen LogP contribution in [0.1, 0.15) is 139 Å². The molecule has 302 valence electrons. The maximum atomic E-state index is 14.1. The molecule has 0 spiro atoms. The normalized spacial score (nSPS) is 40.8. The molecule has 8 rings (SSSR count). The van der Waals surface area contributed by atoms with Gasteiger partial charge in [0.15, 0.2) is 17.3 Å². The molecule has 0 bridgehead atoms. The Balaban J connectivity index is 1.00. The number of ketones is 1. The van der Waals surface area contributed by atoms with E-state index in [4.69, 9.17) is 14.2 Å². The van der Waals surface area contributed by atoms with E-state index in [1.807, 2.05) is 19.9 Å². The Morgan fingerprint density at radius 3 is 2.33 bits per heavy atom. The Hall–Kier alpha value is -2.87. The van der Waals surface area contributed by atoms with Crippen molar-refractivity contribution in [3.05, 3.63) is 34.9 Å². The number of carbonyl (C=O) groups is 3. The first-order valence-corrected chi connectivity index (χ1v) is 21.6. The van der Waals surface area contributed by atoms with Gasteiger partial charge in [-0.3, -0.25) is 14.4 Å². The van der Waals surface area contributed by atoms with Crippen molar-refractivity contribution in [2.24, 2.45) is 68.0 Å². The number of allylic oxidation sites excluding steroid dienone is 2. The number of benzene rings is 1. The predicted octanol–water partition coefficient (Wildman–Crippen LogP) is 9.53. The van der Waals surface area contributed by atoms with Crippen LogP contribution in [0.2, 0.25) is 0 Å². The molecule has 0 unspecified atom stereocenters. The molecule has 5 fully saturated rings. The summed E-state index contributed by atoms with van der Waals surface area (Å²) in [5, 5.41) is 13.4. The molecule has 10 atom stereocenters. The molecular formula is C47H67NO7. The van der Waals surface area contributed by atoms with E-state index in [0.29, 0.717) is 36.4 Å². The molecule has 0 amide bonds. The number of aliphatic carboxylic acids is 1. The quantitative estimate of drug-likeness (QED) is 0.189. The molecule has 0 radical (unpaired) electrons. The van der Waals surface area contributed by atoms with Crippen molar-refractivity contribution in [3.8, 4) is 11.5 Å². The van der Waals surface area contributed by atoms with Crippen LogP contribution in [-0.2, 0) is 25.7 Å². The molecule has 0 saturated heterocycles. The Bertz CT molecular complexity index is 1790. The smallest absolute Gasteiger partial charge is 0.309 e. The Labute approximate surface area is 329 Å². The molecule has 1 heterocycles. The van der Waals surface area contributed by atoms with E-state index < -0.39 is 17.3 Å². The van der Waals surface area contributed by atoms with Gasteiger partial charge in [-0.05, 0) is 139 Å². The lowest BCUT2D eigenvalue weighted by molar-refractivity contribution is -0.236. The maximum Gasteiger partial charge on any atom is 0.309 e. The van der Waals surface area contributed by atoms with Crippen LogP contribution in [0.5, 0.6) is 11.5 Å². The lowest BCUT2D eigenvalue weighted by Crippen LogP contribution is -2.66. The fraction of sp³-hybridized carbons (Fsp3) is 0.766. The van der Waals surface area contributed by atoms with Crippen LogP contribution in [0.15, 0.2) is 29.3 Å². The summed E-state index contributed by atoms with van der Waals surface area (Å²) < 4.78 is 17.6. The van der Waals surface area contributed by atoms with Gasteiger partial charge < -0.3 is 24.6 Å². The molecule has 1 aliphatic heterocycles. The average Bonchev–Trinajstić information content (AvgIpc) is 3.69. The largest absolute Gasteiger partial charge is 0.481 e. The Kier molecular flexibility index (Phi) is 9.27. The van der Waals surface area contributed by atoms with Crippen LogP contribution < -0.4 is 14.8 Å². The van der Waals surface area contributed by atoms with Gasteiger partial charge in [0.05, 0.1) is 11.8 Å². The summed E-state index contributed by atoms with van der Waals surface area (Å²) >= 11 is 0. The third kappa shape index (κ3) is 5.62. The maximum absolute atomic E-state index is 14.1. The number of esters is 1. The molecule has 1 aromatic rings. The van der Waals surface area contributed by atoms with Gasteiger partial charge in [-0.25, -0.2) is 0 Å². The van der Waals surface area contributed by atoms with Gasteiger partial charge in [-0.15, -0.1) is 0 Å². The third-order valence-electron chi connectivity index (χ3n) is 18.2. The minimum atomic E-state index is -0.817. The van der Waals surface area contributed by atoms with E-state index in [9.17, 15) is 19.5 Å². The van der Waals surface area contributed by atoms with E-state index >= 15 is 0 Å². The molecule has 6 aliphatic carbocycles. The zero-order valence-electron chi connectivity index (χ0n) is 35.1. The molecule has 0 aromatic heterocycles. The number of hydrogen-bond donors (Lipinski definition) is 2. The van der Waals surface area contributed by atoms with E-state index in [2.05, 4.69) is 65.9 Å². The Morgan fingerprint density at radius 1 is 0.873 bits per heavy atom. The first kappa shape index (κ1) is 39.0. The van der Waals surface area contributed by atoms with Crippen molar-refractivity contribution in [1.82, 2.24) is 5.32 Å². The summed E-state index contributed by atoms with van der Waals surface area (Å²) in [6.45, 7) is 22.7. The van der Waals surface area contributed by atoms with Gasteiger partial charge >= 0.3 is 11.9 Å².